The van der Waals surface area contributed by atoms with E-state index >= 15 is 0 Å². The molecule has 0 unspecified atom stereocenters. The van der Waals surface area contributed by atoms with E-state index in [1.165, 1.54) is 0 Å². The second kappa shape index (κ2) is 10.9. The predicted octanol–water partition coefficient (Wildman–Crippen LogP) is 5.07. The van der Waals surface area contributed by atoms with E-state index in [2.05, 4.69) is 6.58 Å². The molecule has 4 nitrogen and oxygen atoms in total. The van der Waals surface area contributed by atoms with Gasteiger partial charge in [0.15, 0.2) is 0 Å². The molecule has 0 amide bonds. The Labute approximate surface area is 165 Å². The zero-order chi connectivity index (χ0) is 20.4. The summed E-state index contributed by atoms with van der Waals surface area (Å²) >= 11 is -3.54. The molecule has 0 N–H and O–H groups in total. The number of methoxy groups -OCH3 is 2. The van der Waals surface area contributed by atoms with Gasteiger partial charge in [-0.25, -0.2) is 0 Å². The molecule has 1 aromatic rings. The van der Waals surface area contributed by atoms with Crippen molar-refractivity contribution in [1.82, 2.24) is 0 Å². The van der Waals surface area contributed by atoms with E-state index in [4.69, 9.17) is 9.47 Å². The minimum atomic E-state index is -3.54. The van der Waals surface area contributed by atoms with Gasteiger partial charge in [-0.05, 0) is 0 Å². The van der Waals surface area contributed by atoms with Gasteiger partial charge in [0.2, 0.25) is 0 Å². The monoisotopic (exact) mass is 432 g/mol. The Morgan fingerprint density at radius 2 is 1.63 bits per heavy atom. The van der Waals surface area contributed by atoms with Crippen molar-refractivity contribution in [2.45, 2.75) is 37.7 Å². The number of carbonyl (C=O) groups excluding carboxylic acids is 2. The first-order chi connectivity index (χ1) is 12.9. The summed E-state index contributed by atoms with van der Waals surface area (Å²) in [4.78, 5) is 26.5. The molecule has 0 bridgehead atoms. The number of benzene rings is 1. The third kappa shape index (κ3) is 5.45. The molecule has 0 radical (unpaired) electrons. The van der Waals surface area contributed by atoms with Crippen LogP contribution in [0.2, 0.25) is 10.5 Å². The Kier molecular flexibility index (Phi) is 9.29. The van der Waals surface area contributed by atoms with E-state index in [1.54, 1.807) is 50.6 Å². The summed E-state index contributed by atoms with van der Waals surface area (Å²) in [5.74, 6) is 1.37. The molecule has 0 spiro atoms. The molecule has 1 aromatic carbocycles. The molecule has 0 saturated carbocycles. The predicted molar refractivity (Wildman–Crippen MR) is 113 cm³/mol. The molecule has 0 heterocycles. The van der Waals surface area contributed by atoms with Crippen molar-refractivity contribution in [2.75, 3.05) is 14.2 Å². The van der Waals surface area contributed by atoms with Gasteiger partial charge in [-0.15, -0.1) is 0 Å². The van der Waals surface area contributed by atoms with Crippen LogP contribution in [-0.4, -0.2) is 36.7 Å². The van der Waals surface area contributed by atoms with Crippen LogP contribution >= 0.6 is 0 Å². The van der Waals surface area contributed by atoms with E-state index in [1.807, 2.05) is 26.8 Å². The molecule has 0 atom stereocenters. The summed E-state index contributed by atoms with van der Waals surface area (Å²) in [5.41, 5.74) is 0.952. The van der Waals surface area contributed by atoms with Gasteiger partial charge in [0, 0.05) is 0 Å². The maximum absolute atomic E-state index is 13.3. The standard InChI is InChI=1S/C22H30GeO4/c1-7-10-19(26-5)14-11-17(4)21(24)23(8-2,9-3)22(25)18-12-15-20(27-6)16-13-18/h10-16H,4,7-9H2,1-3,5-6H3/b14-11-,19-10+. The average molecular weight is 431 g/mol. The number of rotatable bonds is 11. The second-order valence-electron chi connectivity index (χ2n) is 6.25. The molecule has 146 valence electrons. The third-order valence-electron chi connectivity index (χ3n) is 4.81. The van der Waals surface area contributed by atoms with Crippen molar-refractivity contribution >= 4 is 22.5 Å². The van der Waals surface area contributed by atoms with Gasteiger partial charge in [-0.1, -0.05) is 0 Å². The Morgan fingerprint density at radius 3 is 2.07 bits per heavy atom. The first kappa shape index (κ1) is 23.0. The van der Waals surface area contributed by atoms with Crippen molar-refractivity contribution in [2.24, 2.45) is 0 Å². The van der Waals surface area contributed by atoms with E-state index in [9.17, 15) is 9.59 Å². The first-order valence-corrected chi connectivity index (χ1v) is 14.3. The van der Waals surface area contributed by atoms with Crippen molar-refractivity contribution in [3.63, 3.8) is 0 Å². The van der Waals surface area contributed by atoms with Gasteiger partial charge >= 0.3 is 165 Å². The quantitative estimate of drug-likeness (QED) is 0.213. The average Bonchev–Trinajstić information content (AvgIpc) is 2.71. The number of ether oxygens (including phenoxy) is 2. The van der Waals surface area contributed by atoms with Crippen LogP contribution in [0.4, 0.5) is 0 Å². The normalized spacial score (nSPS) is 12.1. The molecule has 0 aromatic heterocycles. The molecule has 5 heteroatoms. The molecule has 0 saturated heterocycles. The summed E-state index contributed by atoms with van der Waals surface area (Å²) in [6, 6.07) is 6.99. The van der Waals surface area contributed by atoms with Gasteiger partial charge in [0.1, 0.15) is 0 Å². The Balaban J connectivity index is 3.17. The van der Waals surface area contributed by atoms with Crippen LogP contribution in [0.25, 0.3) is 0 Å². The fourth-order valence-corrected chi connectivity index (χ4v) is 10.2. The summed E-state index contributed by atoms with van der Waals surface area (Å²) in [6.45, 7) is 9.83. The van der Waals surface area contributed by atoms with Crippen molar-refractivity contribution in [3.8, 4) is 5.75 Å². The minimum absolute atomic E-state index is 0.00160. The summed E-state index contributed by atoms with van der Waals surface area (Å²) in [7, 11) is 3.17. The maximum atomic E-state index is 13.3. The SMILES string of the molecule is C=C(/C=C\C(=C/CC)OC)[C](=O)[Ge]([CH2]C)([CH2]C)[C](=O)c1ccc(OC)cc1. The van der Waals surface area contributed by atoms with Crippen LogP contribution in [-0.2, 0) is 9.53 Å². The van der Waals surface area contributed by atoms with E-state index in [0.29, 0.717) is 33.2 Å². The molecular weight excluding hydrogens is 401 g/mol. The molecule has 1 rings (SSSR count). The number of allylic oxidation sites excluding steroid dienone is 4. The first-order valence-electron chi connectivity index (χ1n) is 9.24. The van der Waals surface area contributed by atoms with E-state index in [-0.39, 0.29) is 9.23 Å². The molecule has 0 aliphatic carbocycles. The van der Waals surface area contributed by atoms with Crippen LogP contribution < -0.4 is 4.74 Å². The van der Waals surface area contributed by atoms with E-state index < -0.39 is 13.3 Å². The topological polar surface area (TPSA) is 52.6 Å². The third-order valence-corrected chi connectivity index (χ3v) is 14.8. The van der Waals surface area contributed by atoms with Gasteiger partial charge in [-0.3, -0.25) is 0 Å². The summed E-state index contributed by atoms with van der Waals surface area (Å²) in [6.07, 6.45) is 6.15. The zero-order valence-corrected chi connectivity index (χ0v) is 19.1. The molecule has 27 heavy (non-hydrogen) atoms. The van der Waals surface area contributed by atoms with Crippen molar-refractivity contribution < 1.29 is 19.1 Å². The van der Waals surface area contributed by atoms with Crippen molar-refractivity contribution in [1.29, 1.82) is 0 Å². The molecular formula is C22H30GeO4. The van der Waals surface area contributed by atoms with Crippen LogP contribution in [0.3, 0.4) is 0 Å². The van der Waals surface area contributed by atoms with Crippen LogP contribution in [0.1, 0.15) is 37.6 Å². The fourth-order valence-electron chi connectivity index (χ4n) is 3.00. The van der Waals surface area contributed by atoms with Crippen molar-refractivity contribution in [3.05, 3.63) is 66.0 Å². The zero-order valence-electron chi connectivity index (χ0n) is 17.0. The summed E-state index contributed by atoms with van der Waals surface area (Å²) in [5, 5.41) is 1.18. The number of hydrogen-bond donors (Lipinski definition) is 0. The number of hydrogen-bond acceptors (Lipinski definition) is 4. The Bertz CT molecular complexity index is 725. The van der Waals surface area contributed by atoms with Gasteiger partial charge in [0.25, 0.3) is 0 Å². The van der Waals surface area contributed by atoms with Gasteiger partial charge in [-0.2, -0.15) is 0 Å². The van der Waals surface area contributed by atoms with Crippen LogP contribution in [0, 0.1) is 0 Å². The van der Waals surface area contributed by atoms with Gasteiger partial charge < -0.3 is 0 Å². The molecule has 0 aliphatic heterocycles. The van der Waals surface area contributed by atoms with Crippen LogP contribution in [0.5, 0.6) is 5.75 Å². The molecule has 0 aliphatic rings. The van der Waals surface area contributed by atoms with Crippen LogP contribution in [0.15, 0.2) is 60.4 Å². The fraction of sp³-hybridized carbons (Fsp3) is 0.364. The Morgan fingerprint density at radius 1 is 1.04 bits per heavy atom. The number of carbonyl (C=O) groups is 2. The molecule has 0 fully saturated rings. The van der Waals surface area contributed by atoms with Gasteiger partial charge in [0.05, 0.1) is 0 Å². The Hall–Kier alpha value is -2.08. The second-order valence-corrected chi connectivity index (χ2v) is 15.7. The summed E-state index contributed by atoms with van der Waals surface area (Å²) < 4.78 is 10.3. The van der Waals surface area contributed by atoms with E-state index in [0.717, 1.165) is 6.42 Å².